The van der Waals surface area contributed by atoms with Crippen molar-refractivity contribution in [3.05, 3.63) is 98.7 Å². The monoisotopic (exact) mass is 604 g/mol. The number of hydrogen-bond donors (Lipinski definition) is 0. The van der Waals surface area contributed by atoms with Gasteiger partial charge in [-0.15, -0.1) is 0 Å². The minimum absolute atomic E-state index is 0.220. The van der Waals surface area contributed by atoms with Crippen molar-refractivity contribution in [3.63, 3.8) is 0 Å². The molecule has 1 unspecified atom stereocenters. The van der Waals surface area contributed by atoms with Crippen LogP contribution in [0.1, 0.15) is 75.3 Å². The van der Waals surface area contributed by atoms with Crippen molar-refractivity contribution in [2.45, 2.75) is 82.4 Å². The van der Waals surface area contributed by atoms with Crippen LogP contribution in [0.4, 0.5) is 0 Å². The Morgan fingerprint density at radius 2 is 1.45 bits per heavy atom. The van der Waals surface area contributed by atoms with Gasteiger partial charge in [0.2, 0.25) is 0 Å². The first-order valence-electron chi connectivity index (χ1n) is 12.9. The van der Waals surface area contributed by atoms with Gasteiger partial charge in [-0.05, 0) is 0 Å². The van der Waals surface area contributed by atoms with Gasteiger partial charge >= 0.3 is 207 Å². The van der Waals surface area contributed by atoms with E-state index in [1.165, 1.54) is 36.8 Å². The maximum atomic E-state index is 2.78. The van der Waals surface area contributed by atoms with Gasteiger partial charge in [-0.25, -0.2) is 0 Å². The molecule has 0 aromatic heterocycles. The standard InChI is InChI=1S/C20H19.C10H15.2CH3.Hf/c1-2-5-15(6-3-1)9-10-16-11-12-19-13-17-7-4-8-18(17)14-20(16)19;1-6-7(2)9(4)10(5)8(6)3;;;/h1-3,5-6,11-14H,4,7-10H2;1-5H3;2*1H3;. The molecule has 0 radical (unpaired) electrons. The number of benzene rings is 2. The van der Waals surface area contributed by atoms with Crippen LogP contribution in [-0.4, -0.2) is 0 Å². The van der Waals surface area contributed by atoms with Crippen molar-refractivity contribution in [1.29, 1.82) is 0 Å². The summed E-state index contributed by atoms with van der Waals surface area (Å²) in [6.45, 7) is 12.3. The molecule has 1 atom stereocenters. The number of aryl methyl sites for hydroxylation is 3. The van der Waals surface area contributed by atoms with Crippen molar-refractivity contribution in [3.8, 4) is 0 Å². The predicted molar refractivity (Wildman–Crippen MR) is 141 cm³/mol. The molecule has 33 heavy (non-hydrogen) atoms. The molecule has 2 aromatic rings. The number of hydrogen-bond acceptors (Lipinski definition) is 0. The van der Waals surface area contributed by atoms with Crippen LogP contribution in [0.25, 0.3) is 6.08 Å². The fraction of sp³-hybridized carbons (Fsp3) is 0.438. The Balaban J connectivity index is 1.69. The summed E-state index contributed by atoms with van der Waals surface area (Å²) in [4.78, 5) is 0. The molecule has 0 amide bonds. The van der Waals surface area contributed by atoms with Crippen LogP contribution in [0, 0.1) is 0 Å². The van der Waals surface area contributed by atoms with Crippen LogP contribution in [0.5, 0.6) is 0 Å². The van der Waals surface area contributed by atoms with Gasteiger partial charge in [0.25, 0.3) is 0 Å². The number of fused-ring (bicyclic) bond motifs is 2. The molecule has 0 bridgehead atoms. The van der Waals surface area contributed by atoms with Crippen molar-refractivity contribution >= 4 is 6.08 Å². The molecule has 0 saturated carbocycles. The van der Waals surface area contributed by atoms with E-state index in [9.17, 15) is 0 Å². The molecular weight excluding hydrogens is 563 g/mol. The van der Waals surface area contributed by atoms with E-state index < -0.39 is 20.0 Å². The summed E-state index contributed by atoms with van der Waals surface area (Å²) in [6, 6.07) is 16.4. The third kappa shape index (κ3) is 3.17. The molecule has 1 heteroatoms. The zero-order chi connectivity index (χ0) is 23.6. The summed E-state index contributed by atoms with van der Waals surface area (Å²) in [6.07, 6.45) is 11.5. The number of rotatable bonds is 5. The molecular formula is C32H40Hf. The number of allylic oxidation sites excluding steroid dienone is 5. The average molecular weight is 603 g/mol. The van der Waals surface area contributed by atoms with E-state index in [4.69, 9.17) is 0 Å². The first-order valence-corrected chi connectivity index (χ1v) is 23.7. The average Bonchev–Trinajstić information content (AvgIpc) is 3.47. The Bertz CT molecular complexity index is 1180. The summed E-state index contributed by atoms with van der Waals surface area (Å²) in [5, 5.41) is 0. The molecule has 172 valence electrons. The van der Waals surface area contributed by atoms with E-state index in [-0.39, 0.29) is 6.34 Å². The van der Waals surface area contributed by atoms with Crippen molar-refractivity contribution in [1.82, 2.24) is 0 Å². The van der Waals surface area contributed by atoms with Crippen molar-refractivity contribution in [2.75, 3.05) is 0 Å². The Hall–Kier alpha value is -1.47. The second kappa shape index (κ2) is 8.04. The van der Waals surface area contributed by atoms with Gasteiger partial charge in [0, 0.05) is 0 Å². The minimum atomic E-state index is -3.15. The Kier molecular flexibility index (Phi) is 5.67. The molecule has 0 saturated heterocycles. The van der Waals surface area contributed by atoms with E-state index in [1.807, 2.05) is 0 Å². The van der Waals surface area contributed by atoms with Crippen LogP contribution in [0.3, 0.4) is 0 Å². The third-order valence-electron chi connectivity index (χ3n) is 10.5. The fourth-order valence-corrected chi connectivity index (χ4v) is 26.5. The third-order valence-corrected chi connectivity index (χ3v) is 32.7. The Morgan fingerprint density at radius 1 is 0.848 bits per heavy atom. The fourth-order valence-electron chi connectivity index (χ4n) is 7.53. The molecule has 0 fully saturated rings. The summed E-state index contributed by atoms with van der Waals surface area (Å²) in [7, 11) is 0. The van der Waals surface area contributed by atoms with Gasteiger partial charge in [0.15, 0.2) is 0 Å². The molecule has 0 spiro atoms. The van der Waals surface area contributed by atoms with Gasteiger partial charge in [-0.3, -0.25) is 0 Å². The van der Waals surface area contributed by atoms with Gasteiger partial charge in [-0.2, -0.15) is 0 Å². The normalized spacial score (nSPS) is 23.5. The quantitative estimate of drug-likeness (QED) is 0.299. The summed E-state index contributed by atoms with van der Waals surface area (Å²) in [5.41, 5.74) is 14.3. The van der Waals surface area contributed by atoms with Gasteiger partial charge < -0.3 is 0 Å². The van der Waals surface area contributed by atoms with E-state index in [2.05, 4.69) is 98.6 Å². The second-order valence-electron chi connectivity index (χ2n) is 11.6. The zero-order valence-electron chi connectivity index (χ0n) is 21.7. The predicted octanol–water partition coefficient (Wildman–Crippen LogP) is 9.15. The summed E-state index contributed by atoms with van der Waals surface area (Å²) >= 11 is -3.15. The van der Waals surface area contributed by atoms with Crippen LogP contribution in [0.2, 0.25) is 12.5 Å². The zero-order valence-corrected chi connectivity index (χ0v) is 25.3. The van der Waals surface area contributed by atoms with E-state index >= 15 is 0 Å². The second-order valence-corrected chi connectivity index (χ2v) is 30.1. The molecule has 0 aliphatic heterocycles. The van der Waals surface area contributed by atoms with Crippen LogP contribution >= 0.6 is 0 Å². The van der Waals surface area contributed by atoms with Crippen LogP contribution in [0.15, 0.2) is 70.8 Å². The first kappa shape index (κ1) is 23.3. The molecule has 2 aromatic carbocycles. The van der Waals surface area contributed by atoms with E-state index in [0.29, 0.717) is 0 Å². The molecule has 0 N–H and O–H groups in total. The van der Waals surface area contributed by atoms with Gasteiger partial charge in [0.1, 0.15) is 0 Å². The van der Waals surface area contributed by atoms with Crippen molar-refractivity contribution in [2.24, 2.45) is 0 Å². The Labute approximate surface area is 206 Å². The van der Waals surface area contributed by atoms with Crippen molar-refractivity contribution < 1.29 is 20.0 Å². The molecule has 5 rings (SSSR count). The SMILES string of the molecule is CC1=C(C)[C](C)([Hf]([CH3])([CH3])[C]2(CCc3ccccc3)C=Cc3cc4c(cc32)CCC4)C(C)=C1C. The van der Waals surface area contributed by atoms with Crippen LogP contribution in [-0.2, 0) is 42.4 Å². The summed E-state index contributed by atoms with van der Waals surface area (Å²) < 4.78 is 6.04. The van der Waals surface area contributed by atoms with Crippen LogP contribution < -0.4 is 0 Å². The molecule has 0 heterocycles. The van der Waals surface area contributed by atoms with Gasteiger partial charge in [-0.1, -0.05) is 0 Å². The summed E-state index contributed by atoms with van der Waals surface area (Å²) in [5.74, 6) is 0. The molecule has 3 aliphatic rings. The molecule has 3 aliphatic carbocycles. The maximum absolute atomic E-state index is 3.15. The van der Waals surface area contributed by atoms with E-state index in [0.717, 1.165) is 6.42 Å². The van der Waals surface area contributed by atoms with Gasteiger partial charge in [0.05, 0.1) is 0 Å². The van der Waals surface area contributed by atoms with E-state index in [1.54, 1.807) is 39.0 Å². The topological polar surface area (TPSA) is 0 Å². The first-order chi connectivity index (χ1) is 15.6. The Morgan fingerprint density at radius 3 is 2.09 bits per heavy atom. The molecule has 0 nitrogen and oxygen atoms in total.